The zero-order valence-electron chi connectivity index (χ0n) is 11.4. The number of nitrogens with zero attached hydrogens (tertiary/aromatic N) is 1. The normalized spacial score (nSPS) is 10.5. The van der Waals surface area contributed by atoms with Crippen LogP contribution in [0.5, 0.6) is 23.0 Å². The number of nitrogens with two attached hydrogens (primary N) is 1. The molecule has 1 heterocycles. The molecule has 0 aliphatic rings. The van der Waals surface area contributed by atoms with Gasteiger partial charge in [0.1, 0.15) is 11.5 Å². The Balaban J connectivity index is 2.06. The van der Waals surface area contributed by atoms with Crippen molar-refractivity contribution >= 4 is 16.6 Å². The van der Waals surface area contributed by atoms with Gasteiger partial charge in [-0.05, 0) is 36.4 Å². The van der Waals surface area contributed by atoms with Crippen molar-refractivity contribution in [2.45, 2.75) is 0 Å². The lowest BCUT2D eigenvalue weighted by Crippen LogP contribution is -1.90. The van der Waals surface area contributed by atoms with Crippen molar-refractivity contribution in [1.82, 2.24) is 4.98 Å². The van der Waals surface area contributed by atoms with Crippen molar-refractivity contribution in [3.8, 4) is 23.0 Å². The van der Waals surface area contributed by atoms with Crippen molar-refractivity contribution in [3.63, 3.8) is 0 Å². The molecule has 3 rings (SSSR count). The average Bonchev–Trinajstić information content (AvgIpc) is 2.49. The molecule has 2 aromatic carbocycles. The molecule has 0 saturated carbocycles. The van der Waals surface area contributed by atoms with Gasteiger partial charge in [0.15, 0.2) is 11.5 Å². The van der Waals surface area contributed by atoms with E-state index in [2.05, 4.69) is 4.98 Å². The van der Waals surface area contributed by atoms with Crippen LogP contribution in [0.2, 0.25) is 0 Å². The molecule has 0 saturated heterocycles. The molecular formula is C16H14N2O3. The quantitative estimate of drug-likeness (QED) is 0.720. The van der Waals surface area contributed by atoms with Crippen molar-refractivity contribution < 1.29 is 14.6 Å². The van der Waals surface area contributed by atoms with Gasteiger partial charge in [-0.1, -0.05) is 0 Å². The van der Waals surface area contributed by atoms with Gasteiger partial charge < -0.3 is 20.3 Å². The first kappa shape index (κ1) is 13.1. The summed E-state index contributed by atoms with van der Waals surface area (Å²) in [6.07, 6.45) is 1.64. The Morgan fingerprint density at radius 1 is 1.05 bits per heavy atom. The topological polar surface area (TPSA) is 77.6 Å². The molecule has 0 aliphatic heterocycles. The summed E-state index contributed by atoms with van der Waals surface area (Å²) in [6.45, 7) is 0. The monoisotopic (exact) mass is 282 g/mol. The zero-order chi connectivity index (χ0) is 14.8. The summed E-state index contributed by atoms with van der Waals surface area (Å²) in [5.74, 6) is 1.68. The van der Waals surface area contributed by atoms with Crippen LogP contribution in [0.1, 0.15) is 0 Å². The van der Waals surface area contributed by atoms with Crippen LogP contribution in [0.25, 0.3) is 10.9 Å². The van der Waals surface area contributed by atoms with Crippen LogP contribution in [0, 0.1) is 0 Å². The highest BCUT2D eigenvalue weighted by atomic mass is 16.5. The highest BCUT2D eigenvalue weighted by Gasteiger charge is 2.10. The predicted molar refractivity (Wildman–Crippen MR) is 80.9 cm³/mol. The lowest BCUT2D eigenvalue weighted by atomic mass is 10.2. The number of aromatic nitrogens is 1. The standard InChI is InChI=1S/C16H14N2O3/c1-20-16-9-13-12(8-14(16)19)15(6-7-18-13)21-11-4-2-10(17)3-5-11/h2-9,19H,17H2,1H3. The van der Waals surface area contributed by atoms with Gasteiger partial charge in [0.05, 0.1) is 12.6 Å². The Bertz CT molecular complexity index is 785. The molecular weight excluding hydrogens is 268 g/mol. The first-order chi connectivity index (χ1) is 10.2. The maximum Gasteiger partial charge on any atom is 0.162 e. The molecule has 5 heteroatoms. The molecule has 0 radical (unpaired) electrons. The Hall–Kier alpha value is -2.95. The highest BCUT2D eigenvalue weighted by Crippen LogP contribution is 2.36. The van der Waals surface area contributed by atoms with Gasteiger partial charge in [-0.15, -0.1) is 0 Å². The van der Waals surface area contributed by atoms with Crippen LogP contribution in [0.4, 0.5) is 5.69 Å². The number of hydrogen-bond donors (Lipinski definition) is 2. The molecule has 0 aliphatic carbocycles. The van der Waals surface area contributed by atoms with Gasteiger partial charge in [0.25, 0.3) is 0 Å². The highest BCUT2D eigenvalue weighted by molar-refractivity contribution is 5.88. The number of rotatable bonds is 3. The maximum absolute atomic E-state index is 9.91. The fraction of sp³-hybridized carbons (Fsp3) is 0.0625. The molecule has 0 unspecified atom stereocenters. The van der Waals surface area contributed by atoms with Crippen LogP contribution in [0.15, 0.2) is 48.7 Å². The van der Waals surface area contributed by atoms with E-state index in [4.69, 9.17) is 15.2 Å². The number of methoxy groups -OCH3 is 1. The summed E-state index contributed by atoms with van der Waals surface area (Å²) in [7, 11) is 1.50. The number of nitrogen functional groups attached to an aromatic ring is 1. The number of pyridine rings is 1. The van der Waals surface area contributed by atoms with E-state index < -0.39 is 0 Å². The first-order valence-electron chi connectivity index (χ1n) is 6.36. The average molecular weight is 282 g/mol. The van der Waals surface area contributed by atoms with Crippen LogP contribution in [-0.4, -0.2) is 17.2 Å². The van der Waals surface area contributed by atoms with Crippen molar-refractivity contribution in [3.05, 3.63) is 48.7 Å². The first-order valence-corrected chi connectivity index (χ1v) is 6.36. The van der Waals surface area contributed by atoms with Crippen LogP contribution < -0.4 is 15.2 Å². The summed E-state index contributed by atoms with van der Waals surface area (Å²) < 4.78 is 10.9. The molecule has 21 heavy (non-hydrogen) atoms. The minimum Gasteiger partial charge on any atom is -0.504 e. The lowest BCUT2D eigenvalue weighted by molar-refractivity contribution is 0.374. The van der Waals surface area contributed by atoms with Crippen molar-refractivity contribution in [2.75, 3.05) is 12.8 Å². The maximum atomic E-state index is 9.91. The van der Waals surface area contributed by atoms with Crippen LogP contribution in [-0.2, 0) is 0 Å². The molecule has 1 aromatic heterocycles. The van der Waals surface area contributed by atoms with Crippen LogP contribution in [0.3, 0.4) is 0 Å². The zero-order valence-corrected chi connectivity index (χ0v) is 11.4. The SMILES string of the molecule is COc1cc2nccc(Oc3ccc(N)cc3)c2cc1O. The Morgan fingerprint density at radius 2 is 1.81 bits per heavy atom. The van der Waals surface area contributed by atoms with E-state index in [-0.39, 0.29) is 5.75 Å². The van der Waals surface area contributed by atoms with Gasteiger partial charge >= 0.3 is 0 Å². The second-order valence-electron chi connectivity index (χ2n) is 4.52. The van der Waals surface area contributed by atoms with E-state index in [0.717, 1.165) is 0 Å². The Kier molecular flexibility index (Phi) is 3.23. The summed E-state index contributed by atoms with van der Waals surface area (Å²) in [5.41, 5.74) is 7.00. The van der Waals surface area contributed by atoms with Crippen molar-refractivity contribution in [1.29, 1.82) is 0 Å². The lowest BCUT2D eigenvalue weighted by Gasteiger charge is -2.10. The number of phenols is 1. The summed E-state index contributed by atoms with van der Waals surface area (Å²) in [5, 5.41) is 10.6. The number of aromatic hydroxyl groups is 1. The number of benzene rings is 2. The third-order valence-electron chi connectivity index (χ3n) is 3.11. The van der Waals surface area contributed by atoms with Gasteiger partial charge in [-0.25, -0.2) is 0 Å². The van der Waals surface area contributed by atoms with Crippen molar-refractivity contribution in [2.24, 2.45) is 0 Å². The number of hydrogen-bond acceptors (Lipinski definition) is 5. The largest absolute Gasteiger partial charge is 0.504 e. The molecule has 0 spiro atoms. The van der Waals surface area contributed by atoms with E-state index in [1.165, 1.54) is 7.11 Å². The van der Waals surface area contributed by atoms with E-state index in [1.54, 1.807) is 48.7 Å². The second kappa shape index (κ2) is 5.20. The molecule has 3 aromatic rings. The summed E-state index contributed by atoms with van der Waals surface area (Å²) >= 11 is 0. The minimum atomic E-state index is 0.0418. The molecule has 5 nitrogen and oxygen atoms in total. The van der Waals surface area contributed by atoms with E-state index in [0.29, 0.717) is 33.8 Å². The molecule has 0 amide bonds. The van der Waals surface area contributed by atoms with Gasteiger partial charge in [0, 0.05) is 23.3 Å². The van der Waals surface area contributed by atoms with E-state index in [1.807, 2.05) is 0 Å². The summed E-state index contributed by atoms with van der Waals surface area (Å²) in [6, 6.07) is 12.1. The number of fused-ring (bicyclic) bond motifs is 1. The van der Waals surface area contributed by atoms with E-state index >= 15 is 0 Å². The number of ether oxygens (including phenoxy) is 2. The smallest absolute Gasteiger partial charge is 0.162 e. The minimum absolute atomic E-state index is 0.0418. The Morgan fingerprint density at radius 3 is 2.52 bits per heavy atom. The fourth-order valence-corrected chi connectivity index (χ4v) is 2.05. The van der Waals surface area contributed by atoms with E-state index in [9.17, 15) is 5.11 Å². The van der Waals surface area contributed by atoms with Crippen LogP contribution >= 0.6 is 0 Å². The fourth-order valence-electron chi connectivity index (χ4n) is 2.05. The second-order valence-corrected chi connectivity index (χ2v) is 4.52. The van der Waals surface area contributed by atoms with Gasteiger partial charge in [-0.2, -0.15) is 0 Å². The number of anilines is 1. The van der Waals surface area contributed by atoms with Gasteiger partial charge in [0.2, 0.25) is 0 Å². The third kappa shape index (κ3) is 2.53. The molecule has 3 N–H and O–H groups in total. The third-order valence-corrected chi connectivity index (χ3v) is 3.11. The molecule has 0 fully saturated rings. The van der Waals surface area contributed by atoms with Gasteiger partial charge in [-0.3, -0.25) is 4.98 Å². The predicted octanol–water partition coefficient (Wildman–Crippen LogP) is 3.32. The summed E-state index contributed by atoms with van der Waals surface area (Å²) in [4.78, 5) is 4.26. The molecule has 0 bridgehead atoms. The number of phenolic OH excluding ortho intramolecular Hbond substituents is 1. The molecule has 106 valence electrons. The Labute approximate surface area is 121 Å². The molecule has 0 atom stereocenters.